The maximum absolute atomic E-state index is 5.77. The lowest BCUT2D eigenvalue weighted by Gasteiger charge is -2.28. The molecule has 2 N–H and O–H groups in total. The molecule has 0 atom stereocenters. The predicted octanol–water partition coefficient (Wildman–Crippen LogP) is 2.29. The van der Waals surface area contributed by atoms with Crippen molar-refractivity contribution in [2.45, 2.75) is 20.3 Å². The molecule has 4 heteroatoms. The highest BCUT2D eigenvalue weighted by molar-refractivity contribution is 5.72. The third kappa shape index (κ3) is 3.78. The van der Waals surface area contributed by atoms with Gasteiger partial charge in [-0.15, -0.1) is 0 Å². The van der Waals surface area contributed by atoms with Crippen LogP contribution in [0, 0.1) is 5.41 Å². The normalized spacial score (nSPS) is 12.5. The fourth-order valence-electron chi connectivity index (χ4n) is 2.25. The van der Waals surface area contributed by atoms with Gasteiger partial charge in [-0.1, -0.05) is 19.9 Å². The minimum Gasteiger partial charge on any atom is -0.443 e. The number of rotatable bonds is 6. The van der Waals surface area contributed by atoms with E-state index in [1.165, 1.54) is 12.0 Å². The maximum Gasteiger partial charge on any atom is 0.181 e. The summed E-state index contributed by atoms with van der Waals surface area (Å²) in [5, 5.41) is 0. The summed E-state index contributed by atoms with van der Waals surface area (Å²) in [5.41, 5.74) is 9.00. The highest BCUT2D eigenvalue weighted by Gasteiger charge is 2.17. The molecule has 0 aliphatic heterocycles. The van der Waals surface area contributed by atoms with Crippen LogP contribution in [0.25, 0.3) is 11.1 Å². The van der Waals surface area contributed by atoms with E-state index in [1.54, 1.807) is 0 Å². The molecule has 0 unspecified atom stereocenters. The van der Waals surface area contributed by atoms with Crippen molar-refractivity contribution in [2.75, 3.05) is 26.7 Å². The Bertz CT molecular complexity index is 533. The van der Waals surface area contributed by atoms with Crippen molar-refractivity contribution in [3.8, 4) is 0 Å². The van der Waals surface area contributed by atoms with Crippen LogP contribution in [0.5, 0.6) is 0 Å². The molecule has 0 aliphatic rings. The van der Waals surface area contributed by atoms with Gasteiger partial charge < -0.3 is 15.1 Å². The minimum absolute atomic E-state index is 0.170. The number of nitrogens with two attached hydrogens (primary N) is 1. The van der Waals surface area contributed by atoms with E-state index in [1.807, 2.05) is 6.07 Å². The molecule has 0 saturated carbocycles. The Morgan fingerprint density at radius 3 is 2.89 bits per heavy atom. The van der Waals surface area contributed by atoms with Gasteiger partial charge in [-0.3, -0.25) is 0 Å². The van der Waals surface area contributed by atoms with Gasteiger partial charge in [0.2, 0.25) is 0 Å². The van der Waals surface area contributed by atoms with Crippen molar-refractivity contribution in [1.82, 2.24) is 9.88 Å². The number of aromatic nitrogens is 1. The van der Waals surface area contributed by atoms with Crippen LogP contribution in [-0.4, -0.2) is 36.6 Å². The number of nitrogens with zero attached hydrogens (tertiary/aromatic N) is 2. The molecule has 1 heterocycles. The van der Waals surface area contributed by atoms with Crippen LogP contribution in [-0.2, 0) is 6.42 Å². The standard InChI is InChI=1S/C15H23N3O/c1-15(2,9-16)10-18(3)7-6-12-4-5-13-14(8-12)19-11-17-13/h4-5,8,11H,6-7,9-10,16H2,1-3H3. The Morgan fingerprint density at radius 1 is 1.37 bits per heavy atom. The molecule has 0 amide bonds. The van der Waals surface area contributed by atoms with E-state index < -0.39 is 0 Å². The van der Waals surface area contributed by atoms with Crippen LogP contribution in [0.3, 0.4) is 0 Å². The summed E-state index contributed by atoms with van der Waals surface area (Å²) >= 11 is 0. The first-order valence-corrected chi connectivity index (χ1v) is 6.71. The lowest BCUT2D eigenvalue weighted by molar-refractivity contribution is 0.218. The van der Waals surface area contributed by atoms with Crippen LogP contribution in [0.15, 0.2) is 29.0 Å². The van der Waals surface area contributed by atoms with Crippen molar-refractivity contribution in [2.24, 2.45) is 11.1 Å². The number of benzene rings is 1. The Labute approximate surface area is 114 Å². The summed E-state index contributed by atoms with van der Waals surface area (Å²) < 4.78 is 5.32. The second-order valence-corrected chi connectivity index (χ2v) is 6.01. The van der Waals surface area contributed by atoms with Crippen molar-refractivity contribution < 1.29 is 4.42 Å². The van der Waals surface area contributed by atoms with E-state index in [2.05, 4.69) is 42.9 Å². The van der Waals surface area contributed by atoms with Crippen LogP contribution in [0.1, 0.15) is 19.4 Å². The Balaban J connectivity index is 1.91. The van der Waals surface area contributed by atoms with Crippen molar-refractivity contribution in [3.05, 3.63) is 30.2 Å². The first-order valence-electron chi connectivity index (χ1n) is 6.71. The van der Waals surface area contributed by atoms with Crippen LogP contribution in [0.4, 0.5) is 0 Å². The van der Waals surface area contributed by atoms with Crippen molar-refractivity contribution >= 4 is 11.1 Å². The molecule has 1 aromatic heterocycles. The number of oxazole rings is 1. The molecule has 0 aliphatic carbocycles. The van der Waals surface area contributed by atoms with Gasteiger partial charge in [0.05, 0.1) is 0 Å². The van der Waals surface area contributed by atoms with E-state index in [0.717, 1.165) is 30.6 Å². The lowest BCUT2D eigenvalue weighted by Crippen LogP contribution is -2.37. The fraction of sp³-hybridized carbons (Fsp3) is 0.533. The summed E-state index contributed by atoms with van der Waals surface area (Å²) in [5.74, 6) is 0. The summed E-state index contributed by atoms with van der Waals surface area (Å²) in [6, 6.07) is 6.20. The second kappa shape index (κ2) is 5.72. The predicted molar refractivity (Wildman–Crippen MR) is 78.0 cm³/mol. The monoisotopic (exact) mass is 261 g/mol. The smallest absolute Gasteiger partial charge is 0.181 e. The molecule has 4 nitrogen and oxygen atoms in total. The van der Waals surface area contributed by atoms with Gasteiger partial charge in [-0.25, -0.2) is 4.98 Å². The lowest BCUT2D eigenvalue weighted by atomic mass is 9.93. The van der Waals surface area contributed by atoms with E-state index in [0.29, 0.717) is 6.54 Å². The van der Waals surface area contributed by atoms with E-state index in [9.17, 15) is 0 Å². The van der Waals surface area contributed by atoms with Crippen molar-refractivity contribution in [1.29, 1.82) is 0 Å². The average molecular weight is 261 g/mol. The van der Waals surface area contributed by atoms with E-state index >= 15 is 0 Å². The molecular weight excluding hydrogens is 238 g/mol. The zero-order chi connectivity index (χ0) is 13.9. The van der Waals surface area contributed by atoms with Crippen LogP contribution < -0.4 is 5.73 Å². The van der Waals surface area contributed by atoms with Crippen LogP contribution in [0.2, 0.25) is 0 Å². The van der Waals surface area contributed by atoms with Crippen molar-refractivity contribution in [3.63, 3.8) is 0 Å². The largest absolute Gasteiger partial charge is 0.443 e. The van der Waals surface area contributed by atoms with Gasteiger partial charge in [0.25, 0.3) is 0 Å². The van der Waals surface area contributed by atoms with Gasteiger partial charge in [0.1, 0.15) is 5.52 Å². The molecule has 0 bridgehead atoms. The van der Waals surface area contributed by atoms with Gasteiger partial charge in [-0.05, 0) is 43.1 Å². The topological polar surface area (TPSA) is 55.3 Å². The zero-order valence-electron chi connectivity index (χ0n) is 12.0. The zero-order valence-corrected chi connectivity index (χ0v) is 12.0. The molecule has 2 rings (SSSR count). The number of fused-ring (bicyclic) bond motifs is 1. The average Bonchev–Trinajstić information content (AvgIpc) is 2.83. The molecule has 0 radical (unpaired) electrons. The first-order chi connectivity index (χ1) is 9.00. The molecule has 1 aromatic carbocycles. The molecule has 0 fully saturated rings. The van der Waals surface area contributed by atoms with Gasteiger partial charge in [0.15, 0.2) is 12.0 Å². The number of hydrogen-bond donors (Lipinski definition) is 1. The molecular formula is C15H23N3O. The Morgan fingerprint density at radius 2 is 2.16 bits per heavy atom. The summed E-state index contributed by atoms with van der Waals surface area (Å²) in [7, 11) is 2.14. The quantitative estimate of drug-likeness (QED) is 0.867. The Kier molecular flexibility index (Phi) is 4.22. The molecule has 0 spiro atoms. The third-order valence-corrected chi connectivity index (χ3v) is 3.43. The van der Waals surface area contributed by atoms with Gasteiger partial charge in [0, 0.05) is 13.1 Å². The third-order valence-electron chi connectivity index (χ3n) is 3.43. The summed E-state index contributed by atoms with van der Waals surface area (Å²) in [4.78, 5) is 6.45. The molecule has 19 heavy (non-hydrogen) atoms. The van der Waals surface area contributed by atoms with Crippen LogP contribution >= 0.6 is 0 Å². The molecule has 2 aromatic rings. The van der Waals surface area contributed by atoms with Gasteiger partial charge in [-0.2, -0.15) is 0 Å². The first kappa shape index (κ1) is 14.0. The molecule has 0 saturated heterocycles. The van der Waals surface area contributed by atoms with E-state index in [4.69, 9.17) is 10.2 Å². The Hall–Kier alpha value is -1.39. The minimum atomic E-state index is 0.170. The highest BCUT2D eigenvalue weighted by Crippen LogP contribution is 2.16. The molecule has 104 valence electrons. The highest BCUT2D eigenvalue weighted by atomic mass is 16.3. The van der Waals surface area contributed by atoms with E-state index in [-0.39, 0.29) is 5.41 Å². The number of hydrogen-bond acceptors (Lipinski definition) is 4. The maximum atomic E-state index is 5.77. The SMILES string of the molecule is CN(CCc1ccc2ncoc2c1)CC(C)(C)CN. The second-order valence-electron chi connectivity index (χ2n) is 6.01. The summed E-state index contributed by atoms with van der Waals surface area (Å²) in [6.07, 6.45) is 2.50. The fourth-order valence-corrected chi connectivity index (χ4v) is 2.25. The summed E-state index contributed by atoms with van der Waals surface area (Å²) in [6.45, 7) is 7.13. The van der Waals surface area contributed by atoms with Gasteiger partial charge >= 0.3 is 0 Å². The number of likely N-dealkylation sites (N-methyl/N-ethyl adjacent to an activating group) is 1.